The number of amides is 2. The minimum absolute atomic E-state index is 0.0473. The maximum atomic E-state index is 13.0. The quantitative estimate of drug-likeness (QED) is 0.492. The van der Waals surface area contributed by atoms with Crippen molar-refractivity contribution in [2.75, 3.05) is 5.32 Å². The number of nitrogens with one attached hydrogen (secondary N) is 2. The lowest BCUT2D eigenvalue weighted by atomic mass is 10.1. The summed E-state index contributed by atoms with van der Waals surface area (Å²) in [7, 11) is 0. The molecule has 0 fully saturated rings. The molecule has 3 rings (SSSR count). The maximum Gasteiger partial charge on any atom is 0.416 e. The van der Waals surface area contributed by atoms with E-state index in [1.807, 2.05) is 0 Å². The molecular formula is C24H20F4N2O2. The number of anilines is 1. The Bertz CT molecular complexity index is 1080. The summed E-state index contributed by atoms with van der Waals surface area (Å²) in [5.41, 5.74) is 1.35. The van der Waals surface area contributed by atoms with E-state index in [1.54, 1.807) is 31.2 Å². The summed E-state index contributed by atoms with van der Waals surface area (Å²) in [5, 5.41) is 5.50. The molecule has 0 aliphatic rings. The van der Waals surface area contributed by atoms with Crippen molar-refractivity contribution >= 4 is 17.5 Å². The van der Waals surface area contributed by atoms with Crippen molar-refractivity contribution in [2.45, 2.75) is 25.6 Å². The van der Waals surface area contributed by atoms with Crippen molar-refractivity contribution in [3.8, 4) is 0 Å². The van der Waals surface area contributed by atoms with Crippen LogP contribution in [0.15, 0.2) is 72.8 Å². The van der Waals surface area contributed by atoms with Gasteiger partial charge in [0.15, 0.2) is 0 Å². The van der Waals surface area contributed by atoms with E-state index < -0.39 is 17.6 Å². The number of hydrogen-bond acceptors (Lipinski definition) is 2. The van der Waals surface area contributed by atoms with Crippen LogP contribution in [-0.4, -0.2) is 11.8 Å². The Labute approximate surface area is 182 Å². The van der Waals surface area contributed by atoms with Crippen molar-refractivity contribution in [1.82, 2.24) is 5.32 Å². The first kappa shape index (κ1) is 23.0. The van der Waals surface area contributed by atoms with Gasteiger partial charge in [0.05, 0.1) is 18.0 Å². The lowest BCUT2D eigenvalue weighted by Gasteiger charge is -2.15. The molecule has 0 aliphatic carbocycles. The number of carbonyl (C=O) groups is 2. The molecule has 2 amide bonds. The van der Waals surface area contributed by atoms with E-state index >= 15 is 0 Å². The van der Waals surface area contributed by atoms with E-state index in [2.05, 4.69) is 10.6 Å². The molecule has 2 N–H and O–H groups in total. The molecule has 1 atom stereocenters. The normalized spacial score (nSPS) is 12.2. The summed E-state index contributed by atoms with van der Waals surface area (Å²) in [4.78, 5) is 24.4. The van der Waals surface area contributed by atoms with E-state index in [9.17, 15) is 27.2 Å². The van der Waals surface area contributed by atoms with Gasteiger partial charge in [-0.05, 0) is 66.6 Å². The van der Waals surface area contributed by atoms with Gasteiger partial charge in [-0.3, -0.25) is 9.59 Å². The van der Waals surface area contributed by atoms with Gasteiger partial charge in [-0.25, -0.2) is 4.39 Å². The summed E-state index contributed by atoms with van der Waals surface area (Å²) in [6.45, 7) is 1.77. The van der Waals surface area contributed by atoms with Gasteiger partial charge in [0.1, 0.15) is 5.82 Å². The minimum Gasteiger partial charge on any atom is -0.349 e. The molecule has 4 nitrogen and oxygen atoms in total. The zero-order chi connectivity index (χ0) is 23.3. The highest BCUT2D eigenvalue weighted by Gasteiger charge is 2.30. The number of benzene rings is 3. The van der Waals surface area contributed by atoms with Gasteiger partial charge in [0.25, 0.3) is 5.91 Å². The smallest absolute Gasteiger partial charge is 0.349 e. The Morgan fingerprint density at radius 3 is 2.03 bits per heavy atom. The highest BCUT2D eigenvalue weighted by atomic mass is 19.4. The van der Waals surface area contributed by atoms with Crippen LogP contribution in [-0.2, 0) is 17.4 Å². The first-order valence-electron chi connectivity index (χ1n) is 9.74. The van der Waals surface area contributed by atoms with E-state index in [-0.39, 0.29) is 24.3 Å². The third kappa shape index (κ3) is 6.16. The van der Waals surface area contributed by atoms with E-state index in [4.69, 9.17) is 0 Å². The third-order valence-electron chi connectivity index (χ3n) is 4.80. The van der Waals surface area contributed by atoms with Crippen LogP contribution in [0.3, 0.4) is 0 Å². The van der Waals surface area contributed by atoms with Crippen molar-refractivity contribution in [2.24, 2.45) is 0 Å². The standard InChI is InChI=1S/C24H20F4N2O2/c1-15(29-22(31)14-16-2-8-19(9-3-16)24(26,27)28)17-6-12-21(13-7-17)30-23(32)18-4-10-20(25)11-5-18/h2-13,15H,14H2,1H3,(H,29,31)(H,30,32). The zero-order valence-electron chi connectivity index (χ0n) is 17.0. The molecule has 166 valence electrons. The molecule has 0 spiro atoms. The molecular weight excluding hydrogens is 424 g/mol. The number of hydrogen-bond donors (Lipinski definition) is 2. The molecule has 0 aromatic heterocycles. The predicted octanol–water partition coefficient (Wildman–Crippen LogP) is 5.52. The van der Waals surface area contributed by atoms with Crippen LogP contribution in [0.5, 0.6) is 0 Å². The van der Waals surface area contributed by atoms with Gasteiger partial charge < -0.3 is 10.6 Å². The minimum atomic E-state index is -4.42. The summed E-state index contributed by atoms with van der Waals surface area (Å²) in [6.07, 6.45) is -4.46. The molecule has 0 bridgehead atoms. The Morgan fingerprint density at radius 2 is 1.47 bits per heavy atom. The lowest BCUT2D eigenvalue weighted by molar-refractivity contribution is -0.137. The first-order valence-corrected chi connectivity index (χ1v) is 9.74. The summed E-state index contributed by atoms with van der Waals surface area (Å²) in [6, 6.07) is 16.1. The monoisotopic (exact) mass is 444 g/mol. The van der Waals surface area contributed by atoms with Gasteiger partial charge in [-0.15, -0.1) is 0 Å². The topological polar surface area (TPSA) is 58.2 Å². The van der Waals surface area contributed by atoms with Crippen LogP contribution in [0.2, 0.25) is 0 Å². The van der Waals surface area contributed by atoms with Crippen molar-refractivity contribution in [3.05, 3.63) is 101 Å². The Morgan fingerprint density at radius 1 is 0.875 bits per heavy atom. The van der Waals surface area contributed by atoms with Crippen LogP contribution in [0, 0.1) is 5.82 Å². The van der Waals surface area contributed by atoms with E-state index in [1.165, 1.54) is 36.4 Å². The fourth-order valence-electron chi connectivity index (χ4n) is 3.03. The van der Waals surface area contributed by atoms with Crippen LogP contribution >= 0.6 is 0 Å². The summed E-state index contributed by atoms with van der Waals surface area (Å²) in [5.74, 6) is -1.14. The zero-order valence-corrected chi connectivity index (χ0v) is 17.0. The summed E-state index contributed by atoms with van der Waals surface area (Å²) >= 11 is 0. The SMILES string of the molecule is CC(NC(=O)Cc1ccc(C(F)(F)F)cc1)c1ccc(NC(=O)c2ccc(F)cc2)cc1. The first-order chi connectivity index (χ1) is 15.1. The van der Waals surface area contributed by atoms with Crippen molar-refractivity contribution < 1.29 is 27.2 Å². The largest absolute Gasteiger partial charge is 0.416 e. The maximum absolute atomic E-state index is 13.0. The third-order valence-corrected chi connectivity index (χ3v) is 4.80. The number of carbonyl (C=O) groups excluding carboxylic acids is 2. The number of alkyl halides is 3. The second kappa shape index (κ2) is 9.64. The van der Waals surface area contributed by atoms with Gasteiger partial charge in [-0.2, -0.15) is 13.2 Å². The second-order valence-electron chi connectivity index (χ2n) is 7.24. The van der Waals surface area contributed by atoms with Gasteiger partial charge >= 0.3 is 6.18 Å². The lowest BCUT2D eigenvalue weighted by Crippen LogP contribution is -2.28. The molecule has 3 aromatic rings. The van der Waals surface area contributed by atoms with Gasteiger partial charge in [0.2, 0.25) is 5.91 Å². The average molecular weight is 444 g/mol. The fraction of sp³-hybridized carbons (Fsp3) is 0.167. The van der Waals surface area contributed by atoms with Crippen LogP contribution in [0.1, 0.15) is 40.0 Å². The highest BCUT2D eigenvalue weighted by molar-refractivity contribution is 6.04. The number of rotatable bonds is 6. The molecule has 3 aromatic carbocycles. The Hall–Kier alpha value is -3.68. The molecule has 1 unspecified atom stereocenters. The molecule has 0 heterocycles. The Balaban J connectivity index is 1.54. The number of halogens is 4. The average Bonchev–Trinajstić information content (AvgIpc) is 2.74. The van der Waals surface area contributed by atoms with Crippen molar-refractivity contribution in [1.29, 1.82) is 0 Å². The van der Waals surface area contributed by atoms with Gasteiger partial charge in [0, 0.05) is 11.3 Å². The van der Waals surface area contributed by atoms with Crippen molar-refractivity contribution in [3.63, 3.8) is 0 Å². The Kier molecular flexibility index (Phi) is 6.92. The van der Waals surface area contributed by atoms with Crippen LogP contribution in [0.25, 0.3) is 0 Å². The molecule has 0 saturated carbocycles. The summed E-state index contributed by atoms with van der Waals surface area (Å²) < 4.78 is 50.8. The molecule has 0 aliphatic heterocycles. The fourth-order valence-corrected chi connectivity index (χ4v) is 3.03. The van der Waals surface area contributed by atoms with E-state index in [0.29, 0.717) is 16.8 Å². The van der Waals surface area contributed by atoms with Gasteiger partial charge in [-0.1, -0.05) is 24.3 Å². The highest BCUT2D eigenvalue weighted by Crippen LogP contribution is 2.29. The molecule has 32 heavy (non-hydrogen) atoms. The molecule has 0 radical (unpaired) electrons. The van der Waals surface area contributed by atoms with Crippen LogP contribution in [0.4, 0.5) is 23.2 Å². The molecule has 0 saturated heterocycles. The van der Waals surface area contributed by atoms with Crippen LogP contribution < -0.4 is 10.6 Å². The van der Waals surface area contributed by atoms with E-state index in [0.717, 1.165) is 17.7 Å². The predicted molar refractivity (Wildman–Crippen MR) is 113 cm³/mol. The molecule has 8 heteroatoms. The second-order valence-corrected chi connectivity index (χ2v) is 7.24.